The Balaban J connectivity index is 1.46. The van der Waals surface area contributed by atoms with Gasteiger partial charge in [-0.25, -0.2) is 15.0 Å². The van der Waals surface area contributed by atoms with Gasteiger partial charge in [0.25, 0.3) is 0 Å². The number of fused-ring (bicyclic) bond motifs is 1. The summed E-state index contributed by atoms with van der Waals surface area (Å²) in [5.41, 5.74) is 3.12. The van der Waals surface area contributed by atoms with Crippen molar-refractivity contribution in [3.8, 4) is 0 Å². The van der Waals surface area contributed by atoms with E-state index in [9.17, 15) is 9.90 Å². The number of rotatable bonds is 9. The monoisotopic (exact) mass is 521 g/mol. The first-order valence-electron chi connectivity index (χ1n) is 13.8. The lowest BCUT2D eigenvalue weighted by Crippen LogP contribution is -2.54. The molecule has 206 valence electrons. The number of carboxylic acids is 1. The summed E-state index contributed by atoms with van der Waals surface area (Å²) in [6.07, 6.45) is 6.05. The number of aryl methyl sites for hydroxylation is 2. The second-order valence-corrected chi connectivity index (χ2v) is 11.5. The molecule has 2 aromatic heterocycles. The van der Waals surface area contributed by atoms with Crippen LogP contribution in [-0.2, 0) is 11.2 Å². The van der Waals surface area contributed by atoms with Crippen molar-refractivity contribution < 1.29 is 9.90 Å². The van der Waals surface area contributed by atoms with Crippen molar-refractivity contribution in [2.24, 2.45) is 0 Å². The molecule has 0 saturated carbocycles. The van der Waals surface area contributed by atoms with Crippen LogP contribution < -0.4 is 15.5 Å². The summed E-state index contributed by atoms with van der Waals surface area (Å²) in [5.74, 6) is 2.91. The van der Waals surface area contributed by atoms with Gasteiger partial charge in [-0.15, -0.1) is 6.58 Å². The number of nitrogens with zero attached hydrogens (tertiary/aromatic N) is 5. The molecule has 2 aliphatic rings. The SMILES string of the molecule is C=CCN([C@@H](CNc1nc(C)nc(N2CCC(c3ccc4c(n3)NCCC4)CC2)c1C)C(=O)O)C(C)(C)C. The van der Waals surface area contributed by atoms with E-state index in [2.05, 4.69) is 39.2 Å². The van der Waals surface area contributed by atoms with E-state index in [1.165, 1.54) is 17.7 Å². The molecule has 38 heavy (non-hydrogen) atoms. The summed E-state index contributed by atoms with van der Waals surface area (Å²) in [6, 6.07) is 3.73. The Morgan fingerprint density at radius 1 is 1.26 bits per heavy atom. The zero-order chi connectivity index (χ0) is 27.4. The van der Waals surface area contributed by atoms with E-state index < -0.39 is 12.0 Å². The quantitative estimate of drug-likeness (QED) is 0.414. The van der Waals surface area contributed by atoms with Crippen LogP contribution in [0.2, 0.25) is 0 Å². The summed E-state index contributed by atoms with van der Waals surface area (Å²) in [5, 5.41) is 16.8. The van der Waals surface area contributed by atoms with Crippen LogP contribution >= 0.6 is 0 Å². The summed E-state index contributed by atoms with van der Waals surface area (Å²) >= 11 is 0. The fourth-order valence-electron chi connectivity index (χ4n) is 5.58. The molecule has 4 heterocycles. The molecule has 0 aliphatic carbocycles. The number of aromatic nitrogens is 3. The minimum absolute atomic E-state index is 0.233. The number of hydrogen-bond donors (Lipinski definition) is 3. The van der Waals surface area contributed by atoms with Crippen LogP contribution in [0.4, 0.5) is 17.5 Å². The Morgan fingerprint density at radius 3 is 2.66 bits per heavy atom. The number of piperidine rings is 1. The standard InChI is InChI=1S/C29H43N7O2/c1-7-15-36(29(4,5)6)24(28(37)38)18-31-25-19(2)27(33-20(3)32-25)35-16-12-21(13-17-35)23-11-10-22-9-8-14-30-26(22)34-23/h7,10-11,21,24H,1,8-9,12-18H2,2-6H3,(H,30,34)(H,37,38)(H,31,32,33)/t24-/m0/s1. The Hall–Kier alpha value is -3.20. The number of anilines is 3. The van der Waals surface area contributed by atoms with Gasteiger partial charge in [0.15, 0.2) is 0 Å². The lowest BCUT2D eigenvalue weighted by Gasteiger charge is -2.39. The van der Waals surface area contributed by atoms with E-state index in [-0.39, 0.29) is 12.1 Å². The molecule has 1 fully saturated rings. The molecule has 0 unspecified atom stereocenters. The van der Waals surface area contributed by atoms with Crippen molar-refractivity contribution in [1.82, 2.24) is 19.9 Å². The third-order valence-electron chi connectivity index (χ3n) is 7.67. The summed E-state index contributed by atoms with van der Waals surface area (Å²) in [4.78, 5) is 30.9. The Kier molecular flexibility index (Phi) is 8.55. The lowest BCUT2D eigenvalue weighted by atomic mass is 9.92. The van der Waals surface area contributed by atoms with E-state index >= 15 is 0 Å². The molecule has 0 bridgehead atoms. The number of carboxylic acid groups (broad SMARTS) is 1. The molecule has 0 spiro atoms. The molecule has 0 radical (unpaired) electrons. The number of aliphatic carboxylic acids is 1. The molecule has 4 rings (SSSR count). The second-order valence-electron chi connectivity index (χ2n) is 11.5. The topological polar surface area (TPSA) is 107 Å². The molecule has 3 N–H and O–H groups in total. The van der Waals surface area contributed by atoms with Gasteiger partial charge < -0.3 is 20.6 Å². The Morgan fingerprint density at radius 2 is 2.00 bits per heavy atom. The average Bonchev–Trinajstić information content (AvgIpc) is 2.89. The Labute approximate surface area is 226 Å². The summed E-state index contributed by atoms with van der Waals surface area (Å²) in [7, 11) is 0. The van der Waals surface area contributed by atoms with Crippen LogP contribution in [0.5, 0.6) is 0 Å². The molecule has 9 heteroatoms. The highest BCUT2D eigenvalue weighted by Crippen LogP contribution is 2.33. The van der Waals surface area contributed by atoms with Gasteiger partial charge in [0, 0.05) is 55.4 Å². The van der Waals surface area contributed by atoms with Crippen LogP contribution in [0, 0.1) is 13.8 Å². The van der Waals surface area contributed by atoms with E-state index in [0.717, 1.165) is 56.1 Å². The van der Waals surface area contributed by atoms with Gasteiger partial charge in [0.2, 0.25) is 0 Å². The Bertz CT molecular complexity index is 1150. The van der Waals surface area contributed by atoms with Gasteiger partial charge in [-0.1, -0.05) is 12.1 Å². The van der Waals surface area contributed by atoms with Crippen molar-refractivity contribution in [3.63, 3.8) is 0 Å². The minimum atomic E-state index is -0.869. The van der Waals surface area contributed by atoms with Crippen LogP contribution in [0.3, 0.4) is 0 Å². The van der Waals surface area contributed by atoms with Gasteiger partial charge in [0.05, 0.1) is 0 Å². The summed E-state index contributed by atoms with van der Waals surface area (Å²) in [6.45, 7) is 17.3. The van der Waals surface area contributed by atoms with E-state index in [4.69, 9.17) is 9.97 Å². The second kappa shape index (κ2) is 11.7. The van der Waals surface area contributed by atoms with Gasteiger partial charge >= 0.3 is 5.97 Å². The van der Waals surface area contributed by atoms with Crippen LogP contribution in [-0.4, -0.2) is 75.2 Å². The molecule has 9 nitrogen and oxygen atoms in total. The first kappa shape index (κ1) is 27.8. The van der Waals surface area contributed by atoms with E-state index in [0.29, 0.717) is 24.1 Å². The van der Waals surface area contributed by atoms with E-state index in [1.807, 2.05) is 39.5 Å². The zero-order valence-electron chi connectivity index (χ0n) is 23.5. The molecule has 2 aromatic rings. The number of carbonyl (C=O) groups is 1. The van der Waals surface area contributed by atoms with Gasteiger partial charge in [0.1, 0.15) is 29.3 Å². The van der Waals surface area contributed by atoms with Crippen LogP contribution in [0.15, 0.2) is 24.8 Å². The first-order valence-corrected chi connectivity index (χ1v) is 13.8. The fourth-order valence-corrected chi connectivity index (χ4v) is 5.58. The van der Waals surface area contributed by atoms with Gasteiger partial charge in [-0.3, -0.25) is 9.69 Å². The maximum atomic E-state index is 12.2. The largest absolute Gasteiger partial charge is 0.480 e. The number of pyridine rings is 1. The molecular formula is C29H43N7O2. The van der Waals surface area contributed by atoms with Crippen LogP contribution in [0.25, 0.3) is 0 Å². The van der Waals surface area contributed by atoms with Crippen molar-refractivity contribution >= 4 is 23.4 Å². The molecule has 0 aromatic carbocycles. The minimum Gasteiger partial charge on any atom is -0.480 e. The zero-order valence-corrected chi connectivity index (χ0v) is 23.5. The fraction of sp³-hybridized carbons (Fsp3) is 0.586. The maximum Gasteiger partial charge on any atom is 0.322 e. The van der Waals surface area contributed by atoms with Crippen molar-refractivity contribution in [2.75, 3.05) is 48.3 Å². The molecule has 2 aliphatic heterocycles. The summed E-state index contributed by atoms with van der Waals surface area (Å²) < 4.78 is 0. The predicted molar refractivity (Wildman–Crippen MR) is 153 cm³/mol. The van der Waals surface area contributed by atoms with Crippen molar-refractivity contribution in [2.45, 2.75) is 77.8 Å². The highest BCUT2D eigenvalue weighted by molar-refractivity contribution is 5.74. The van der Waals surface area contributed by atoms with Crippen molar-refractivity contribution in [3.05, 3.63) is 47.4 Å². The smallest absolute Gasteiger partial charge is 0.322 e. The number of hydrogen-bond acceptors (Lipinski definition) is 8. The lowest BCUT2D eigenvalue weighted by molar-refractivity contribution is -0.144. The highest BCUT2D eigenvalue weighted by Gasteiger charge is 2.33. The van der Waals surface area contributed by atoms with Gasteiger partial charge in [-0.2, -0.15) is 0 Å². The molecule has 1 atom stereocenters. The molecule has 0 amide bonds. The first-order chi connectivity index (χ1) is 18.1. The average molecular weight is 522 g/mol. The highest BCUT2D eigenvalue weighted by atomic mass is 16.4. The van der Waals surface area contributed by atoms with Gasteiger partial charge in [-0.05, 0) is 71.9 Å². The van der Waals surface area contributed by atoms with E-state index in [1.54, 1.807) is 6.08 Å². The third-order valence-corrected chi connectivity index (χ3v) is 7.67. The number of nitrogens with one attached hydrogen (secondary N) is 2. The molecule has 1 saturated heterocycles. The van der Waals surface area contributed by atoms with Crippen LogP contribution in [0.1, 0.15) is 68.6 Å². The maximum absolute atomic E-state index is 12.2. The predicted octanol–water partition coefficient (Wildman–Crippen LogP) is 4.38. The van der Waals surface area contributed by atoms with Crippen molar-refractivity contribution in [1.29, 1.82) is 0 Å². The third kappa shape index (κ3) is 6.26. The molecular weight excluding hydrogens is 478 g/mol. The normalized spacial score (nSPS) is 17.1.